The van der Waals surface area contributed by atoms with Crippen LogP contribution >= 0.6 is 11.3 Å². The van der Waals surface area contributed by atoms with Gasteiger partial charge in [-0.1, -0.05) is 0 Å². The quantitative estimate of drug-likeness (QED) is 0.537. The first-order valence-corrected chi connectivity index (χ1v) is 4.56. The number of thiophene rings is 1. The highest BCUT2D eigenvalue weighted by atomic mass is 32.1. The van der Waals surface area contributed by atoms with Gasteiger partial charge < -0.3 is 10.8 Å². The van der Waals surface area contributed by atoms with Gasteiger partial charge in [-0.15, -0.1) is 11.3 Å². The van der Waals surface area contributed by atoms with Crippen LogP contribution in [0.3, 0.4) is 0 Å². The number of aromatic hydroxyl groups is 1. The Morgan fingerprint density at radius 3 is 3.00 bits per heavy atom. The number of phenols is 1. The molecule has 0 bridgehead atoms. The molecule has 2 aromatic rings. The molecular weight excluding hydrogens is 186 g/mol. The number of carbonyl (C=O) groups excluding carboxylic acids is 1. The fraction of sp³-hybridized carbons (Fsp3) is 0. The van der Waals surface area contributed by atoms with E-state index in [4.69, 9.17) is 5.73 Å². The summed E-state index contributed by atoms with van der Waals surface area (Å²) in [4.78, 5) is 10.7. The maximum atomic E-state index is 10.7. The smallest absolute Gasteiger partial charge is 0.153 e. The van der Waals surface area contributed by atoms with Gasteiger partial charge in [0.25, 0.3) is 0 Å². The number of nitrogens with two attached hydrogens (primary N) is 1. The Balaban J connectivity index is 2.96. The molecule has 2 rings (SSSR count). The van der Waals surface area contributed by atoms with Crippen molar-refractivity contribution in [3.63, 3.8) is 0 Å². The normalized spacial score (nSPS) is 10.5. The van der Waals surface area contributed by atoms with Gasteiger partial charge in [-0.05, 0) is 11.4 Å². The second kappa shape index (κ2) is 2.74. The van der Waals surface area contributed by atoms with Gasteiger partial charge in [-0.25, -0.2) is 0 Å². The summed E-state index contributed by atoms with van der Waals surface area (Å²) in [6.07, 6.45) is 0.716. The van der Waals surface area contributed by atoms with Crippen LogP contribution in [0, 0.1) is 0 Å². The molecule has 0 saturated carbocycles. The average molecular weight is 193 g/mol. The van der Waals surface area contributed by atoms with Crippen molar-refractivity contribution < 1.29 is 9.90 Å². The Bertz CT molecular complexity index is 476. The number of fused-ring (bicyclic) bond motifs is 1. The topological polar surface area (TPSA) is 63.3 Å². The van der Waals surface area contributed by atoms with Crippen molar-refractivity contribution in [2.75, 3.05) is 5.73 Å². The molecule has 0 unspecified atom stereocenters. The Labute approximate surface area is 78.4 Å². The van der Waals surface area contributed by atoms with E-state index in [9.17, 15) is 9.90 Å². The second-order valence-corrected chi connectivity index (χ2v) is 3.60. The van der Waals surface area contributed by atoms with E-state index in [1.54, 1.807) is 6.07 Å². The highest BCUT2D eigenvalue weighted by molar-refractivity contribution is 7.17. The first kappa shape index (κ1) is 8.07. The van der Waals surface area contributed by atoms with Gasteiger partial charge in [0.1, 0.15) is 5.75 Å². The summed E-state index contributed by atoms with van der Waals surface area (Å²) in [6, 6.07) is 3.17. The van der Waals surface area contributed by atoms with E-state index < -0.39 is 0 Å². The number of anilines is 1. The Morgan fingerprint density at radius 1 is 1.54 bits per heavy atom. The molecule has 0 spiro atoms. The SMILES string of the molecule is Nc1cc(O)c2ccsc2c1C=O. The minimum absolute atomic E-state index is 0.124. The molecule has 0 fully saturated rings. The number of rotatable bonds is 1. The third-order valence-corrected chi connectivity index (χ3v) is 2.85. The molecule has 66 valence electrons. The van der Waals surface area contributed by atoms with Crippen molar-refractivity contribution in [1.82, 2.24) is 0 Å². The number of carbonyl (C=O) groups is 1. The summed E-state index contributed by atoms with van der Waals surface area (Å²) >= 11 is 1.40. The van der Waals surface area contributed by atoms with Crippen LogP contribution in [0.2, 0.25) is 0 Å². The predicted molar refractivity (Wildman–Crippen MR) is 53.3 cm³/mol. The largest absolute Gasteiger partial charge is 0.507 e. The van der Waals surface area contributed by atoms with Crippen molar-refractivity contribution in [1.29, 1.82) is 0 Å². The fourth-order valence-electron chi connectivity index (χ4n) is 1.27. The monoisotopic (exact) mass is 193 g/mol. The molecule has 1 heterocycles. The first-order valence-electron chi connectivity index (χ1n) is 3.68. The molecule has 3 N–H and O–H groups in total. The van der Waals surface area contributed by atoms with Crippen molar-refractivity contribution in [3.8, 4) is 5.75 Å². The molecule has 0 amide bonds. The second-order valence-electron chi connectivity index (χ2n) is 2.68. The van der Waals surface area contributed by atoms with Gasteiger partial charge in [0.2, 0.25) is 0 Å². The zero-order chi connectivity index (χ0) is 9.42. The molecule has 1 aromatic heterocycles. The highest BCUT2D eigenvalue weighted by Gasteiger charge is 2.09. The van der Waals surface area contributed by atoms with E-state index in [1.807, 2.05) is 5.38 Å². The van der Waals surface area contributed by atoms with Crippen LogP contribution in [0.25, 0.3) is 10.1 Å². The minimum atomic E-state index is 0.124. The number of hydrogen-bond donors (Lipinski definition) is 2. The lowest BCUT2D eigenvalue weighted by molar-refractivity contribution is 0.112. The lowest BCUT2D eigenvalue weighted by atomic mass is 10.1. The van der Waals surface area contributed by atoms with Crippen LogP contribution in [0.1, 0.15) is 10.4 Å². The Kier molecular flexibility index (Phi) is 1.70. The van der Waals surface area contributed by atoms with Gasteiger partial charge in [0.05, 0.1) is 10.3 Å². The number of benzene rings is 1. The number of phenolic OH excluding ortho intramolecular Hbond substituents is 1. The number of hydrogen-bond acceptors (Lipinski definition) is 4. The van der Waals surface area contributed by atoms with Crippen LogP contribution in [-0.2, 0) is 0 Å². The van der Waals surface area contributed by atoms with Crippen LogP contribution < -0.4 is 5.73 Å². The summed E-state index contributed by atoms with van der Waals surface area (Å²) in [7, 11) is 0. The number of nitrogen functional groups attached to an aromatic ring is 1. The van der Waals surface area contributed by atoms with E-state index in [0.717, 1.165) is 4.70 Å². The maximum Gasteiger partial charge on any atom is 0.153 e. The fourth-order valence-corrected chi connectivity index (χ4v) is 2.21. The molecule has 1 aromatic carbocycles. The predicted octanol–water partition coefficient (Wildman–Crippen LogP) is 2.00. The van der Waals surface area contributed by atoms with Gasteiger partial charge in [0, 0.05) is 17.1 Å². The molecule has 13 heavy (non-hydrogen) atoms. The van der Waals surface area contributed by atoms with Crippen LogP contribution in [0.4, 0.5) is 5.69 Å². The zero-order valence-corrected chi connectivity index (χ0v) is 7.47. The van der Waals surface area contributed by atoms with Gasteiger partial charge >= 0.3 is 0 Å². The maximum absolute atomic E-state index is 10.7. The Morgan fingerprint density at radius 2 is 2.31 bits per heavy atom. The van der Waals surface area contributed by atoms with Crippen LogP contribution in [0.15, 0.2) is 17.5 Å². The summed E-state index contributed by atoms with van der Waals surface area (Å²) in [5.74, 6) is 0.124. The molecule has 0 saturated heterocycles. The van der Waals surface area contributed by atoms with E-state index in [-0.39, 0.29) is 5.75 Å². The van der Waals surface area contributed by atoms with Crippen molar-refractivity contribution in [2.45, 2.75) is 0 Å². The van der Waals surface area contributed by atoms with Crippen molar-refractivity contribution in [3.05, 3.63) is 23.1 Å². The molecule has 0 aliphatic carbocycles. The van der Waals surface area contributed by atoms with E-state index in [2.05, 4.69) is 0 Å². The van der Waals surface area contributed by atoms with Gasteiger partial charge in [-0.3, -0.25) is 4.79 Å². The van der Waals surface area contributed by atoms with E-state index >= 15 is 0 Å². The lowest BCUT2D eigenvalue weighted by Crippen LogP contribution is -1.92. The molecule has 3 nitrogen and oxygen atoms in total. The molecular formula is C9H7NO2S. The highest BCUT2D eigenvalue weighted by Crippen LogP contribution is 2.34. The summed E-state index contributed by atoms with van der Waals surface area (Å²) in [6.45, 7) is 0. The summed E-state index contributed by atoms with van der Waals surface area (Å²) < 4.78 is 0.743. The average Bonchev–Trinajstić information content (AvgIpc) is 2.53. The van der Waals surface area contributed by atoms with E-state index in [1.165, 1.54) is 17.4 Å². The lowest BCUT2D eigenvalue weighted by Gasteiger charge is -2.01. The molecule has 0 radical (unpaired) electrons. The number of aldehydes is 1. The van der Waals surface area contributed by atoms with Crippen LogP contribution in [0.5, 0.6) is 5.75 Å². The molecule has 0 aliphatic heterocycles. The minimum Gasteiger partial charge on any atom is -0.507 e. The standard InChI is InChI=1S/C9H7NO2S/c10-7-3-8(12)5-1-2-13-9(5)6(7)4-11/h1-4,12H,10H2. The molecule has 0 atom stereocenters. The zero-order valence-electron chi connectivity index (χ0n) is 6.65. The third kappa shape index (κ3) is 1.07. The van der Waals surface area contributed by atoms with Gasteiger partial charge in [0.15, 0.2) is 6.29 Å². The van der Waals surface area contributed by atoms with E-state index in [0.29, 0.717) is 22.9 Å². The third-order valence-electron chi connectivity index (χ3n) is 1.91. The summed E-state index contributed by atoms with van der Waals surface area (Å²) in [5.41, 5.74) is 6.36. The summed E-state index contributed by atoms with van der Waals surface area (Å²) in [5, 5.41) is 12.0. The molecule has 0 aliphatic rings. The Hall–Kier alpha value is -1.55. The van der Waals surface area contributed by atoms with Crippen molar-refractivity contribution in [2.24, 2.45) is 0 Å². The molecule has 4 heteroatoms. The van der Waals surface area contributed by atoms with Crippen LogP contribution in [-0.4, -0.2) is 11.4 Å². The first-order chi connectivity index (χ1) is 6.24. The van der Waals surface area contributed by atoms with Gasteiger partial charge in [-0.2, -0.15) is 0 Å². The van der Waals surface area contributed by atoms with Crippen molar-refractivity contribution >= 4 is 33.4 Å².